The van der Waals surface area contributed by atoms with Gasteiger partial charge in [0.25, 0.3) is 5.56 Å². The number of H-pyrrole nitrogens is 1. The number of aromatic nitrogens is 1. The summed E-state index contributed by atoms with van der Waals surface area (Å²) in [5.41, 5.74) is 3.01. The van der Waals surface area contributed by atoms with Crippen LogP contribution in [0.4, 0.5) is 4.39 Å². The molecule has 3 rings (SSSR count). The van der Waals surface area contributed by atoms with Crippen molar-refractivity contribution in [3.05, 3.63) is 74.8 Å². The van der Waals surface area contributed by atoms with Crippen LogP contribution in [0.5, 0.6) is 0 Å². The van der Waals surface area contributed by atoms with Crippen LogP contribution in [0.15, 0.2) is 46.1 Å². The Morgan fingerprint density at radius 2 is 1.77 bits per heavy atom. The quantitative estimate of drug-likeness (QED) is 0.737. The van der Waals surface area contributed by atoms with Crippen LogP contribution in [0.1, 0.15) is 22.3 Å². The Labute approximate surface area is 150 Å². The molecule has 0 spiro atoms. The van der Waals surface area contributed by atoms with Crippen molar-refractivity contribution in [1.29, 1.82) is 0 Å². The maximum atomic E-state index is 13.2. The highest BCUT2D eigenvalue weighted by atomic mass is 32.2. The Kier molecular flexibility index (Phi) is 4.68. The van der Waals surface area contributed by atoms with Gasteiger partial charge >= 0.3 is 0 Å². The van der Waals surface area contributed by atoms with Crippen LogP contribution in [-0.4, -0.2) is 13.4 Å². The molecule has 0 saturated heterocycles. The predicted molar refractivity (Wildman–Crippen MR) is 99.2 cm³/mol. The standard InChI is InChI=1S/C19H19FN2O3S/c1-11-6-13(3)18-14(7-11)9-15(19(23)22-18)10-21-26(24,25)17-5-4-16(20)8-12(17)2/h4-9,21H,10H2,1-3H3,(H,22,23). The molecule has 1 heterocycles. The molecule has 3 aromatic rings. The van der Waals surface area contributed by atoms with Gasteiger partial charge in [-0.2, -0.15) is 0 Å². The largest absolute Gasteiger partial charge is 0.321 e. The molecule has 0 radical (unpaired) electrons. The Balaban J connectivity index is 1.94. The van der Waals surface area contributed by atoms with Gasteiger partial charge in [0.1, 0.15) is 5.82 Å². The molecule has 0 saturated carbocycles. The first-order valence-corrected chi connectivity index (χ1v) is 9.55. The number of aryl methyl sites for hydroxylation is 3. The Bertz CT molecular complexity index is 1170. The van der Waals surface area contributed by atoms with Crippen LogP contribution in [0.2, 0.25) is 0 Å². The second-order valence-electron chi connectivity index (χ2n) is 6.40. The average molecular weight is 374 g/mol. The predicted octanol–water partition coefficient (Wildman–Crippen LogP) is 3.07. The minimum absolute atomic E-state index is 0.0113. The molecule has 2 aromatic carbocycles. The van der Waals surface area contributed by atoms with Gasteiger partial charge in [0.2, 0.25) is 10.0 Å². The molecule has 0 atom stereocenters. The van der Waals surface area contributed by atoms with E-state index in [4.69, 9.17) is 0 Å². The normalized spacial score (nSPS) is 11.8. The second-order valence-corrected chi connectivity index (χ2v) is 8.14. The van der Waals surface area contributed by atoms with Gasteiger partial charge in [-0.25, -0.2) is 17.5 Å². The number of nitrogens with one attached hydrogen (secondary N) is 2. The van der Waals surface area contributed by atoms with E-state index < -0.39 is 15.8 Å². The summed E-state index contributed by atoms with van der Waals surface area (Å²) in [7, 11) is -3.86. The summed E-state index contributed by atoms with van der Waals surface area (Å²) < 4.78 is 40.6. The van der Waals surface area contributed by atoms with Crippen molar-refractivity contribution in [2.24, 2.45) is 0 Å². The number of benzene rings is 2. The molecule has 5 nitrogen and oxygen atoms in total. The highest BCUT2D eigenvalue weighted by Crippen LogP contribution is 2.19. The van der Waals surface area contributed by atoms with Crippen LogP contribution in [-0.2, 0) is 16.6 Å². The smallest absolute Gasteiger partial charge is 0.252 e. The number of pyridine rings is 1. The molecule has 1 aromatic heterocycles. The van der Waals surface area contributed by atoms with E-state index in [1.807, 2.05) is 26.0 Å². The van der Waals surface area contributed by atoms with Crippen molar-refractivity contribution in [3.8, 4) is 0 Å². The third-order valence-corrected chi connectivity index (χ3v) is 5.81. The lowest BCUT2D eigenvalue weighted by Gasteiger charge is -2.10. The van der Waals surface area contributed by atoms with Gasteiger partial charge in [-0.05, 0) is 67.6 Å². The zero-order valence-electron chi connectivity index (χ0n) is 14.7. The fourth-order valence-electron chi connectivity index (χ4n) is 3.03. The van der Waals surface area contributed by atoms with Crippen LogP contribution in [0.25, 0.3) is 10.9 Å². The summed E-state index contributed by atoms with van der Waals surface area (Å²) >= 11 is 0. The summed E-state index contributed by atoms with van der Waals surface area (Å²) in [5, 5.41) is 0.842. The van der Waals surface area contributed by atoms with Crippen molar-refractivity contribution in [3.63, 3.8) is 0 Å². The van der Waals surface area contributed by atoms with E-state index in [9.17, 15) is 17.6 Å². The Morgan fingerprint density at radius 3 is 2.46 bits per heavy atom. The molecule has 0 unspecified atom stereocenters. The lowest BCUT2D eigenvalue weighted by Crippen LogP contribution is -2.27. The van der Waals surface area contributed by atoms with Gasteiger partial charge in [-0.1, -0.05) is 11.6 Å². The minimum atomic E-state index is -3.86. The molecular formula is C19H19FN2O3S. The molecule has 2 N–H and O–H groups in total. The van der Waals surface area contributed by atoms with Crippen molar-refractivity contribution in [2.75, 3.05) is 0 Å². The summed E-state index contributed by atoms with van der Waals surface area (Å²) in [6, 6.07) is 9.05. The highest BCUT2D eigenvalue weighted by Gasteiger charge is 2.18. The van der Waals surface area contributed by atoms with Gasteiger partial charge in [0.05, 0.1) is 10.4 Å². The summed E-state index contributed by atoms with van der Waals surface area (Å²) in [6.07, 6.45) is 0. The van der Waals surface area contributed by atoms with Gasteiger partial charge in [-0.3, -0.25) is 4.79 Å². The van der Waals surface area contributed by atoms with Crippen molar-refractivity contribution in [2.45, 2.75) is 32.2 Å². The lowest BCUT2D eigenvalue weighted by atomic mass is 10.1. The number of fused-ring (bicyclic) bond motifs is 1. The molecule has 0 fully saturated rings. The van der Waals surface area contributed by atoms with Crippen LogP contribution in [0.3, 0.4) is 0 Å². The van der Waals surface area contributed by atoms with Crippen LogP contribution in [0, 0.1) is 26.6 Å². The third kappa shape index (κ3) is 3.54. The van der Waals surface area contributed by atoms with E-state index in [0.717, 1.165) is 34.2 Å². The fourth-order valence-corrected chi connectivity index (χ4v) is 4.26. The molecule has 136 valence electrons. The Hall–Kier alpha value is -2.51. The van der Waals surface area contributed by atoms with Crippen molar-refractivity contribution < 1.29 is 12.8 Å². The van der Waals surface area contributed by atoms with Crippen LogP contribution < -0.4 is 10.3 Å². The molecule has 7 heteroatoms. The molecule has 0 aliphatic carbocycles. The molecule has 0 amide bonds. The summed E-state index contributed by atoms with van der Waals surface area (Å²) in [4.78, 5) is 15.1. The first-order valence-electron chi connectivity index (χ1n) is 8.06. The molecule has 0 aliphatic rings. The monoisotopic (exact) mass is 374 g/mol. The molecule has 0 aliphatic heterocycles. The number of aromatic amines is 1. The first kappa shape index (κ1) is 18.3. The maximum absolute atomic E-state index is 13.2. The van der Waals surface area contributed by atoms with E-state index in [2.05, 4.69) is 9.71 Å². The number of sulfonamides is 1. The first-order chi connectivity index (χ1) is 12.2. The van der Waals surface area contributed by atoms with E-state index in [-0.39, 0.29) is 17.0 Å². The third-order valence-electron chi connectivity index (χ3n) is 4.25. The summed E-state index contributed by atoms with van der Waals surface area (Å²) in [5.74, 6) is -0.502. The van der Waals surface area contributed by atoms with E-state index in [0.29, 0.717) is 11.1 Å². The molecule has 0 bridgehead atoms. The molecular weight excluding hydrogens is 355 g/mol. The van der Waals surface area contributed by atoms with Crippen molar-refractivity contribution >= 4 is 20.9 Å². The van der Waals surface area contributed by atoms with E-state index >= 15 is 0 Å². The van der Waals surface area contributed by atoms with Crippen LogP contribution >= 0.6 is 0 Å². The van der Waals surface area contributed by atoms with Gasteiger partial charge < -0.3 is 4.98 Å². The summed E-state index contributed by atoms with van der Waals surface area (Å²) in [6.45, 7) is 5.23. The second kappa shape index (κ2) is 6.66. The maximum Gasteiger partial charge on any atom is 0.252 e. The van der Waals surface area contributed by atoms with E-state index in [1.165, 1.54) is 13.0 Å². The zero-order chi connectivity index (χ0) is 19.1. The fraction of sp³-hybridized carbons (Fsp3) is 0.211. The topological polar surface area (TPSA) is 79.0 Å². The number of rotatable bonds is 4. The number of halogens is 1. The SMILES string of the molecule is Cc1cc(C)c2[nH]c(=O)c(CNS(=O)(=O)c3ccc(F)cc3C)cc2c1. The molecule has 26 heavy (non-hydrogen) atoms. The highest BCUT2D eigenvalue weighted by molar-refractivity contribution is 7.89. The van der Waals surface area contributed by atoms with Crippen molar-refractivity contribution in [1.82, 2.24) is 9.71 Å². The van der Waals surface area contributed by atoms with Gasteiger partial charge in [0.15, 0.2) is 0 Å². The average Bonchev–Trinajstić information content (AvgIpc) is 2.53. The lowest BCUT2D eigenvalue weighted by molar-refractivity contribution is 0.579. The van der Waals surface area contributed by atoms with E-state index in [1.54, 1.807) is 6.07 Å². The Morgan fingerprint density at radius 1 is 1.04 bits per heavy atom. The number of hydrogen-bond donors (Lipinski definition) is 2. The minimum Gasteiger partial charge on any atom is -0.321 e. The number of hydrogen-bond acceptors (Lipinski definition) is 3. The van der Waals surface area contributed by atoms with Gasteiger partial charge in [0, 0.05) is 12.1 Å². The zero-order valence-corrected chi connectivity index (χ0v) is 15.5. The van der Waals surface area contributed by atoms with Gasteiger partial charge in [-0.15, -0.1) is 0 Å².